The molecule has 4 rings (SSSR count). The molecule has 8 nitrogen and oxygen atoms in total. The van der Waals surface area contributed by atoms with Crippen LogP contribution >= 0.6 is 11.3 Å². The number of nitrogens with zero attached hydrogens (tertiary/aromatic N) is 3. The molecule has 0 spiro atoms. The molecular weight excluding hydrogens is 450 g/mol. The third-order valence-corrected chi connectivity index (χ3v) is 6.28. The van der Waals surface area contributed by atoms with Crippen molar-refractivity contribution in [1.82, 2.24) is 20.2 Å². The molecule has 2 N–H and O–H groups in total. The lowest BCUT2D eigenvalue weighted by molar-refractivity contribution is -0.121. The first kappa shape index (κ1) is 24.1. The van der Waals surface area contributed by atoms with Crippen LogP contribution in [0.4, 0.5) is 10.9 Å². The molecule has 1 saturated heterocycles. The molecule has 1 amide bonds. The Morgan fingerprint density at radius 1 is 1.15 bits per heavy atom. The number of hydrogen-bond donors (Lipinski definition) is 2. The van der Waals surface area contributed by atoms with Gasteiger partial charge >= 0.3 is 0 Å². The van der Waals surface area contributed by atoms with E-state index in [0.29, 0.717) is 37.6 Å². The van der Waals surface area contributed by atoms with Crippen LogP contribution in [0.5, 0.6) is 5.75 Å². The molecule has 2 aromatic heterocycles. The van der Waals surface area contributed by atoms with E-state index < -0.39 is 0 Å². The number of thiazole rings is 1. The highest BCUT2D eigenvalue weighted by molar-refractivity contribution is 7.13. The Hall–Kier alpha value is -3.01. The monoisotopic (exact) mass is 481 g/mol. The van der Waals surface area contributed by atoms with Crippen LogP contribution in [0.15, 0.2) is 54.0 Å². The number of nitrogens with one attached hydrogen (secondary N) is 2. The van der Waals surface area contributed by atoms with E-state index in [-0.39, 0.29) is 5.91 Å². The van der Waals surface area contributed by atoms with Gasteiger partial charge in [-0.2, -0.15) is 0 Å². The first-order valence-electron chi connectivity index (χ1n) is 11.7. The molecule has 3 aromatic rings. The van der Waals surface area contributed by atoms with Crippen LogP contribution in [0.3, 0.4) is 0 Å². The maximum Gasteiger partial charge on any atom is 0.220 e. The van der Waals surface area contributed by atoms with E-state index >= 15 is 0 Å². The Morgan fingerprint density at radius 3 is 2.85 bits per heavy atom. The van der Waals surface area contributed by atoms with Crippen LogP contribution < -0.4 is 15.4 Å². The molecule has 1 aliphatic rings. The molecule has 0 atom stereocenters. The summed E-state index contributed by atoms with van der Waals surface area (Å²) < 4.78 is 11.3. The minimum atomic E-state index is 0.0609. The van der Waals surface area contributed by atoms with Gasteiger partial charge in [-0.3, -0.25) is 9.69 Å². The van der Waals surface area contributed by atoms with E-state index in [9.17, 15) is 4.79 Å². The van der Waals surface area contributed by atoms with Crippen LogP contribution in [0.1, 0.15) is 24.1 Å². The highest BCUT2D eigenvalue weighted by Gasteiger charge is 2.11. The van der Waals surface area contributed by atoms with E-state index in [1.165, 1.54) is 11.3 Å². The molecule has 180 valence electrons. The summed E-state index contributed by atoms with van der Waals surface area (Å²) in [7, 11) is 0. The highest BCUT2D eigenvalue weighted by Crippen LogP contribution is 2.27. The van der Waals surface area contributed by atoms with Crippen molar-refractivity contribution >= 4 is 28.2 Å². The summed E-state index contributed by atoms with van der Waals surface area (Å²) >= 11 is 1.49. The van der Waals surface area contributed by atoms with Crippen molar-refractivity contribution in [3.05, 3.63) is 65.3 Å². The molecule has 0 aliphatic carbocycles. The number of carbonyl (C=O) groups excluding carboxylic acids is 1. The number of pyridine rings is 1. The number of anilines is 2. The fraction of sp³-hybridized carbons (Fsp3) is 0.400. The topological polar surface area (TPSA) is 88.6 Å². The van der Waals surface area contributed by atoms with Crippen molar-refractivity contribution in [3.63, 3.8) is 0 Å². The summed E-state index contributed by atoms with van der Waals surface area (Å²) in [6.07, 6.45) is 3.70. The van der Waals surface area contributed by atoms with Gasteiger partial charge in [0, 0.05) is 37.6 Å². The average molecular weight is 482 g/mol. The number of ether oxygens (including phenoxy) is 2. The zero-order valence-electron chi connectivity index (χ0n) is 19.2. The quantitative estimate of drug-likeness (QED) is 0.382. The number of aromatic nitrogens is 2. The molecule has 1 fully saturated rings. The van der Waals surface area contributed by atoms with Crippen molar-refractivity contribution in [3.8, 4) is 5.75 Å². The fourth-order valence-corrected chi connectivity index (χ4v) is 4.35. The van der Waals surface area contributed by atoms with Crippen LogP contribution in [-0.2, 0) is 22.6 Å². The van der Waals surface area contributed by atoms with Gasteiger partial charge in [0.2, 0.25) is 5.91 Å². The Kier molecular flexibility index (Phi) is 9.24. The van der Waals surface area contributed by atoms with Gasteiger partial charge in [0.25, 0.3) is 0 Å². The lowest BCUT2D eigenvalue weighted by Crippen LogP contribution is -2.38. The molecule has 0 saturated carbocycles. The van der Waals surface area contributed by atoms with Crippen LogP contribution in [0.25, 0.3) is 0 Å². The van der Waals surface area contributed by atoms with Gasteiger partial charge < -0.3 is 20.1 Å². The second-order valence-electron chi connectivity index (χ2n) is 8.05. The van der Waals surface area contributed by atoms with Crippen LogP contribution in [0, 0.1) is 0 Å². The Morgan fingerprint density at radius 2 is 2.00 bits per heavy atom. The van der Waals surface area contributed by atoms with E-state index in [1.54, 1.807) is 6.20 Å². The van der Waals surface area contributed by atoms with Crippen molar-refractivity contribution in [2.24, 2.45) is 0 Å². The number of morpholine rings is 1. The van der Waals surface area contributed by atoms with E-state index in [1.807, 2.05) is 47.8 Å². The van der Waals surface area contributed by atoms with Crippen molar-refractivity contribution in [2.45, 2.75) is 25.9 Å². The van der Waals surface area contributed by atoms with Gasteiger partial charge in [-0.25, -0.2) is 9.97 Å². The summed E-state index contributed by atoms with van der Waals surface area (Å²) in [5, 5.41) is 8.96. The molecule has 3 heterocycles. The molecule has 0 unspecified atom stereocenters. The first-order valence-corrected chi connectivity index (χ1v) is 12.5. The SMILES string of the molecule is O=C(CCc1csc(Nc2ncccc2OCc2ccccc2)n1)NCCCN1CCOCC1. The van der Waals surface area contributed by atoms with Crippen LogP contribution in [0.2, 0.25) is 0 Å². The zero-order chi connectivity index (χ0) is 23.4. The fourth-order valence-electron chi connectivity index (χ4n) is 3.60. The van der Waals surface area contributed by atoms with Gasteiger partial charge in [-0.15, -0.1) is 11.3 Å². The number of carbonyl (C=O) groups is 1. The largest absolute Gasteiger partial charge is 0.485 e. The Balaban J connectivity index is 1.19. The summed E-state index contributed by atoms with van der Waals surface area (Å²) in [6, 6.07) is 13.7. The summed E-state index contributed by atoms with van der Waals surface area (Å²) in [5.74, 6) is 1.35. The number of aryl methyl sites for hydroxylation is 1. The second kappa shape index (κ2) is 13.0. The average Bonchev–Trinajstić information content (AvgIpc) is 3.33. The van der Waals surface area contributed by atoms with Crippen molar-refractivity contribution < 1.29 is 14.3 Å². The second-order valence-corrected chi connectivity index (χ2v) is 8.91. The Labute approximate surface area is 204 Å². The molecule has 0 radical (unpaired) electrons. The number of rotatable bonds is 12. The third kappa shape index (κ3) is 7.79. The first-order chi connectivity index (χ1) is 16.8. The summed E-state index contributed by atoms with van der Waals surface area (Å²) in [6.45, 7) is 5.73. The molecule has 34 heavy (non-hydrogen) atoms. The van der Waals surface area contributed by atoms with Gasteiger partial charge in [0.05, 0.1) is 18.9 Å². The highest BCUT2D eigenvalue weighted by atomic mass is 32.1. The third-order valence-electron chi connectivity index (χ3n) is 5.47. The van der Waals surface area contributed by atoms with Gasteiger partial charge in [0.1, 0.15) is 6.61 Å². The minimum Gasteiger partial charge on any atom is -0.485 e. The normalized spacial score (nSPS) is 14.0. The van der Waals surface area contributed by atoms with E-state index in [4.69, 9.17) is 9.47 Å². The zero-order valence-corrected chi connectivity index (χ0v) is 20.1. The molecule has 0 bridgehead atoms. The lowest BCUT2D eigenvalue weighted by atomic mass is 10.2. The van der Waals surface area contributed by atoms with Crippen molar-refractivity contribution in [1.29, 1.82) is 0 Å². The smallest absolute Gasteiger partial charge is 0.220 e. The minimum absolute atomic E-state index is 0.0609. The molecule has 1 aromatic carbocycles. The van der Waals surface area contributed by atoms with E-state index in [0.717, 1.165) is 55.7 Å². The number of amides is 1. The standard InChI is InChI=1S/C25H31N5O3S/c31-23(26-12-5-13-30-14-16-32-17-15-30)10-9-21-19-34-25(28-21)29-24-22(8-4-11-27-24)33-18-20-6-2-1-3-7-20/h1-4,6-8,11,19H,5,9-10,12-18H2,(H,26,31)(H,27,28,29). The van der Waals surface area contributed by atoms with Gasteiger partial charge in [-0.05, 0) is 37.1 Å². The predicted molar refractivity (Wildman–Crippen MR) is 134 cm³/mol. The molecular formula is C25H31N5O3S. The summed E-state index contributed by atoms with van der Waals surface area (Å²) in [5.41, 5.74) is 1.98. The summed E-state index contributed by atoms with van der Waals surface area (Å²) in [4.78, 5) is 23.6. The molecule has 1 aliphatic heterocycles. The van der Waals surface area contributed by atoms with Crippen LogP contribution in [-0.4, -0.2) is 60.2 Å². The van der Waals surface area contributed by atoms with E-state index in [2.05, 4.69) is 25.5 Å². The Bertz CT molecular complexity index is 1020. The number of hydrogen-bond acceptors (Lipinski definition) is 8. The maximum atomic E-state index is 12.2. The maximum absolute atomic E-state index is 12.2. The number of benzene rings is 1. The lowest BCUT2D eigenvalue weighted by Gasteiger charge is -2.26. The van der Waals surface area contributed by atoms with Gasteiger partial charge in [-0.1, -0.05) is 30.3 Å². The van der Waals surface area contributed by atoms with Crippen molar-refractivity contribution in [2.75, 3.05) is 44.7 Å². The van der Waals surface area contributed by atoms with Gasteiger partial charge in [0.15, 0.2) is 16.7 Å². The molecule has 9 heteroatoms. The predicted octanol–water partition coefficient (Wildman–Crippen LogP) is 3.63.